The van der Waals surface area contributed by atoms with Gasteiger partial charge in [0.2, 0.25) is 0 Å². The highest BCUT2D eigenvalue weighted by Crippen LogP contribution is 2.32. The molecule has 0 bridgehead atoms. The third-order valence-corrected chi connectivity index (χ3v) is 3.95. The van der Waals surface area contributed by atoms with Gasteiger partial charge in [0.15, 0.2) is 5.75 Å². The number of benzene rings is 2. The first kappa shape index (κ1) is 13.9. The lowest BCUT2D eigenvalue weighted by atomic mass is 10.1. The van der Waals surface area contributed by atoms with E-state index in [2.05, 4.69) is 26.6 Å². The van der Waals surface area contributed by atoms with Gasteiger partial charge in [0.05, 0.1) is 16.9 Å². The van der Waals surface area contributed by atoms with Gasteiger partial charge >= 0.3 is 0 Å². The first-order valence-corrected chi connectivity index (χ1v) is 7.51. The summed E-state index contributed by atoms with van der Waals surface area (Å²) in [7, 11) is 0. The first-order chi connectivity index (χ1) is 10.1. The minimum absolute atomic E-state index is 0.180. The van der Waals surface area contributed by atoms with E-state index in [0.717, 1.165) is 28.0 Å². The highest BCUT2D eigenvalue weighted by atomic mass is 79.9. The maximum atomic E-state index is 12.5. The smallest absolute Gasteiger partial charge is 0.259 e. The van der Waals surface area contributed by atoms with Gasteiger partial charge in [-0.25, -0.2) is 0 Å². The van der Waals surface area contributed by atoms with Crippen LogP contribution in [0.3, 0.4) is 0 Å². The Morgan fingerprint density at radius 2 is 2.19 bits per heavy atom. The molecule has 0 saturated heterocycles. The molecule has 4 nitrogen and oxygen atoms in total. The standard InChI is InChI=1S/C16H15BrN2O2/c1-10-5-6-13(12(17)9-10)19-16(20)11-3-2-4-14-15(11)21-8-7-18-14/h2-6,9,18H,7-8H2,1H3,(H,19,20). The highest BCUT2D eigenvalue weighted by Gasteiger charge is 2.19. The Kier molecular flexibility index (Phi) is 3.84. The number of ether oxygens (including phenoxy) is 1. The van der Waals surface area contributed by atoms with E-state index in [1.54, 1.807) is 6.07 Å². The summed E-state index contributed by atoms with van der Waals surface area (Å²) in [5.74, 6) is 0.435. The van der Waals surface area contributed by atoms with E-state index >= 15 is 0 Å². The van der Waals surface area contributed by atoms with Gasteiger partial charge in [0.1, 0.15) is 6.61 Å². The van der Waals surface area contributed by atoms with Crippen molar-refractivity contribution in [3.05, 3.63) is 52.0 Å². The molecule has 0 saturated carbocycles. The molecule has 0 spiro atoms. The van der Waals surface area contributed by atoms with Crippen molar-refractivity contribution in [1.82, 2.24) is 0 Å². The van der Waals surface area contributed by atoms with E-state index in [1.807, 2.05) is 37.3 Å². The molecule has 1 aliphatic heterocycles. The fourth-order valence-corrected chi connectivity index (χ4v) is 2.85. The zero-order valence-electron chi connectivity index (χ0n) is 11.6. The lowest BCUT2D eigenvalue weighted by Crippen LogP contribution is -2.22. The molecule has 5 heteroatoms. The molecule has 108 valence electrons. The third-order valence-electron chi connectivity index (χ3n) is 3.30. The van der Waals surface area contributed by atoms with Gasteiger partial charge in [-0.2, -0.15) is 0 Å². The lowest BCUT2D eigenvalue weighted by Gasteiger charge is -2.21. The first-order valence-electron chi connectivity index (χ1n) is 6.72. The average Bonchev–Trinajstić information content (AvgIpc) is 2.49. The van der Waals surface area contributed by atoms with E-state index in [1.165, 1.54) is 0 Å². The molecule has 0 atom stereocenters. The van der Waals surface area contributed by atoms with E-state index in [9.17, 15) is 4.79 Å². The molecular formula is C16H15BrN2O2. The number of para-hydroxylation sites is 1. The summed E-state index contributed by atoms with van der Waals surface area (Å²) in [6.07, 6.45) is 0. The largest absolute Gasteiger partial charge is 0.489 e. The number of nitrogens with one attached hydrogen (secondary N) is 2. The van der Waals surface area contributed by atoms with E-state index in [-0.39, 0.29) is 5.91 Å². The number of halogens is 1. The molecule has 2 aromatic carbocycles. The van der Waals surface area contributed by atoms with Crippen LogP contribution in [-0.4, -0.2) is 19.1 Å². The normalized spacial score (nSPS) is 12.9. The molecule has 0 fully saturated rings. The van der Waals surface area contributed by atoms with Crippen molar-refractivity contribution in [2.24, 2.45) is 0 Å². The van der Waals surface area contributed by atoms with E-state index < -0.39 is 0 Å². The molecule has 0 aromatic heterocycles. The number of hydrogen-bond acceptors (Lipinski definition) is 3. The van der Waals surface area contributed by atoms with Crippen LogP contribution in [0.5, 0.6) is 5.75 Å². The molecule has 0 radical (unpaired) electrons. The highest BCUT2D eigenvalue weighted by molar-refractivity contribution is 9.10. The molecule has 2 aromatic rings. The summed E-state index contributed by atoms with van der Waals surface area (Å²) in [6, 6.07) is 11.3. The van der Waals surface area contributed by atoms with Crippen LogP contribution in [0.15, 0.2) is 40.9 Å². The molecule has 21 heavy (non-hydrogen) atoms. The summed E-state index contributed by atoms with van der Waals surface area (Å²) in [5, 5.41) is 6.14. The molecule has 0 unspecified atom stereocenters. The number of amides is 1. The van der Waals surface area contributed by atoms with Crippen molar-refractivity contribution < 1.29 is 9.53 Å². The SMILES string of the molecule is Cc1ccc(NC(=O)c2cccc3c2OCCN3)c(Br)c1. The predicted octanol–water partition coefficient (Wildman–Crippen LogP) is 3.81. The van der Waals surface area contributed by atoms with E-state index in [4.69, 9.17) is 4.74 Å². The van der Waals surface area contributed by atoms with Crippen LogP contribution in [-0.2, 0) is 0 Å². The minimum Gasteiger partial charge on any atom is -0.489 e. The number of carbonyl (C=O) groups is 1. The predicted molar refractivity (Wildman–Crippen MR) is 87.3 cm³/mol. The molecule has 3 rings (SSSR count). The van der Waals surface area contributed by atoms with Crippen LogP contribution < -0.4 is 15.4 Å². The lowest BCUT2D eigenvalue weighted by molar-refractivity contribution is 0.102. The van der Waals surface area contributed by atoms with Gasteiger partial charge in [-0.1, -0.05) is 12.1 Å². The van der Waals surface area contributed by atoms with E-state index in [0.29, 0.717) is 17.9 Å². The maximum absolute atomic E-state index is 12.5. The summed E-state index contributed by atoms with van der Waals surface area (Å²) in [4.78, 5) is 12.5. The second-order valence-electron chi connectivity index (χ2n) is 4.89. The van der Waals surface area contributed by atoms with Crippen molar-refractivity contribution in [1.29, 1.82) is 0 Å². The molecule has 2 N–H and O–H groups in total. The van der Waals surface area contributed by atoms with Crippen LogP contribution in [0, 0.1) is 6.92 Å². The van der Waals surface area contributed by atoms with Gasteiger partial charge < -0.3 is 15.4 Å². The Morgan fingerprint density at radius 3 is 3.00 bits per heavy atom. The van der Waals surface area contributed by atoms with Crippen LogP contribution in [0.1, 0.15) is 15.9 Å². The summed E-state index contributed by atoms with van der Waals surface area (Å²) < 4.78 is 6.49. The van der Waals surface area contributed by atoms with Gasteiger partial charge in [-0.3, -0.25) is 4.79 Å². The van der Waals surface area contributed by atoms with Gasteiger partial charge in [0, 0.05) is 11.0 Å². The molecule has 0 aliphatic carbocycles. The monoisotopic (exact) mass is 346 g/mol. The van der Waals surface area contributed by atoms with Gasteiger partial charge in [0.25, 0.3) is 5.91 Å². The zero-order chi connectivity index (χ0) is 14.8. The quantitative estimate of drug-likeness (QED) is 0.869. The van der Waals surface area contributed by atoms with Crippen molar-refractivity contribution in [2.45, 2.75) is 6.92 Å². The number of fused-ring (bicyclic) bond motifs is 1. The minimum atomic E-state index is -0.180. The molecule has 1 amide bonds. The van der Waals surface area contributed by atoms with Crippen molar-refractivity contribution in [3.63, 3.8) is 0 Å². The Balaban J connectivity index is 1.89. The number of carbonyl (C=O) groups excluding carboxylic acids is 1. The second kappa shape index (κ2) is 5.77. The molecular weight excluding hydrogens is 332 g/mol. The Hall–Kier alpha value is -2.01. The van der Waals surface area contributed by atoms with Gasteiger partial charge in [-0.05, 0) is 52.7 Å². The number of hydrogen-bond donors (Lipinski definition) is 2. The third kappa shape index (κ3) is 2.88. The Morgan fingerprint density at radius 1 is 1.33 bits per heavy atom. The fourth-order valence-electron chi connectivity index (χ4n) is 2.26. The maximum Gasteiger partial charge on any atom is 0.259 e. The van der Waals surface area contributed by atoms with Gasteiger partial charge in [-0.15, -0.1) is 0 Å². The Labute approximate surface area is 131 Å². The Bertz CT molecular complexity index is 701. The summed E-state index contributed by atoms with van der Waals surface area (Å²) in [6.45, 7) is 3.32. The van der Waals surface area contributed by atoms with Crippen molar-refractivity contribution in [2.75, 3.05) is 23.8 Å². The average molecular weight is 347 g/mol. The molecule has 1 aliphatic rings. The topological polar surface area (TPSA) is 50.4 Å². The second-order valence-corrected chi connectivity index (χ2v) is 5.75. The summed E-state index contributed by atoms with van der Waals surface area (Å²) >= 11 is 3.46. The van der Waals surface area contributed by atoms with Crippen LogP contribution in [0.25, 0.3) is 0 Å². The molecule has 1 heterocycles. The number of rotatable bonds is 2. The number of aryl methyl sites for hydroxylation is 1. The zero-order valence-corrected chi connectivity index (χ0v) is 13.2. The van der Waals surface area contributed by atoms with Crippen molar-refractivity contribution in [3.8, 4) is 5.75 Å². The number of anilines is 2. The fraction of sp³-hybridized carbons (Fsp3) is 0.188. The summed E-state index contributed by atoms with van der Waals surface area (Å²) in [5.41, 5.74) is 3.26. The van der Waals surface area contributed by atoms with Crippen LogP contribution >= 0.6 is 15.9 Å². The van der Waals surface area contributed by atoms with Crippen LogP contribution in [0.2, 0.25) is 0 Å². The van der Waals surface area contributed by atoms with Crippen molar-refractivity contribution >= 4 is 33.2 Å². The van der Waals surface area contributed by atoms with Crippen LogP contribution in [0.4, 0.5) is 11.4 Å².